The molecule has 1 aliphatic carbocycles. The highest BCUT2D eigenvalue weighted by Gasteiger charge is 2.36. The third kappa shape index (κ3) is 3.76. The van der Waals surface area contributed by atoms with Crippen molar-refractivity contribution in [3.8, 4) is 5.00 Å². The normalized spacial score (nSPS) is 16.8. The second-order valence-corrected chi connectivity index (χ2v) is 10.6. The van der Waals surface area contributed by atoms with Gasteiger partial charge in [0.2, 0.25) is 0 Å². The van der Waals surface area contributed by atoms with Crippen LogP contribution in [0.5, 0.6) is 0 Å². The number of nitrogens with one attached hydrogen (secondary N) is 1. The Bertz CT molecular complexity index is 1440. The Balaban J connectivity index is 1.51. The first-order chi connectivity index (χ1) is 17.0. The Morgan fingerprint density at radius 3 is 2.71 bits per heavy atom. The molecule has 4 nitrogen and oxygen atoms in total. The number of urea groups is 1. The van der Waals surface area contributed by atoms with E-state index in [1.807, 2.05) is 60.4 Å². The van der Waals surface area contributed by atoms with Gasteiger partial charge in [0.1, 0.15) is 10.8 Å². The van der Waals surface area contributed by atoms with Crippen molar-refractivity contribution < 1.29 is 9.18 Å². The zero-order valence-corrected chi connectivity index (χ0v) is 20.8. The van der Waals surface area contributed by atoms with Crippen molar-refractivity contribution in [2.45, 2.75) is 52.1 Å². The second-order valence-electron chi connectivity index (χ2n) is 9.56. The van der Waals surface area contributed by atoms with Gasteiger partial charge in [0.05, 0.1) is 18.3 Å². The molecule has 0 saturated carbocycles. The summed E-state index contributed by atoms with van der Waals surface area (Å²) >= 11 is 1.85. The average Bonchev–Trinajstić information content (AvgIpc) is 3.44. The van der Waals surface area contributed by atoms with Crippen LogP contribution in [0.2, 0.25) is 0 Å². The maximum absolute atomic E-state index is 14.4. The number of hydrogen-bond donors (Lipinski definition) is 1. The van der Waals surface area contributed by atoms with Crippen molar-refractivity contribution in [3.05, 3.63) is 105 Å². The Morgan fingerprint density at radius 2 is 1.86 bits per heavy atom. The van der Waals surface area contributed by atoms with Crippen LogP contribution in [-0.4, -0.2) is 15.5 Å². The highest BCUT2D eigenvalue weighted by molar-refractivity contribution is 7.15. The fraction of sp³-hybridized carbons (Fsp3) is 0.276. The minimum Gasteiger partial charge on any atom is -0.310 e. The number of fused-ring (bicyclic) bond motifs is 5. The number of benzene rings is 2. The summed E-state index contributed by atoms with van der Waals surface area (Å²) in [5.41, 5.74) is 7.37. The molecule has 1 atom stereocenters. The molecule has 2 amide bonds. The standard InChI is InChI=1S/C29H28FN3OS/c1-18-8-5-12-24(19(18)2)31-29(34)33-17-23-22-11-3-4-14-26(22)35-28(23)32-15-7-13-25(32)27(33)20-9-6-10-21(30)16-20/h5-10,12-13,15-16,27H,3-4,11,14,17H2,1-2H3,(H,31,34)/t27-/m1/s1. The van der Waals surface area contributed by atoms with E-state index in [4.69, 9.17) is 0 Å². The highest BCUT2D eigenvalue weighted by Crippen LogP contribution is 2.44. The Hall–Kier alpha value is -3.38. The first-order valence-corrected chi connectivity index (χ1v) is 13.0. The molecule has 2 aliphatic rings. The first kappa shape index (κ1) is 22.1. The van der Waals surface area contributed by atoms with Crippen molar-refractivity contribution in [2.24, 2.45) is 0 Å². The van der Waals surface area contributed by atoms with Gasteiger partial charge in [0, 0.05) is 22.3 Å². The van der Waals surface area contributed by atoms with Crippen molar-refractivity contribution >= 4 is 23.1 Å². The minimum absolute atomic E-state index is 0.177. The molecule has 0 saturated heterocycles. The first-order valence-electron chi connectivity index (χ1n) is 12.2. The molecule has 6 heteroatoms. The van der Waals surface area contributed by atoms with Gasteiger partial charge < -0.3 is 14.8 Å². The van der Waals surface area contributed by atoms with Crippen LogP contribution in [0.3, 0.4) is 0 Å². The molecule has 0 spiro atoms. The minimum atomic E-state index is -0.412. The monoisotopic (exact) mass is 485 g/mol. The van der Waals surface area contributed by atoms with Crippen molar-refractivity contribution in [2.75, 3.05) is 5.32 Å². The topological polar surface area (TPSA) is 37.3 Å². The Labute approximate surface area is 209 Å². The fourth-order valence-corrected chi connectivity index (χ4v) is 6.89. The number of carbonyl (C=O) groups excluding carboxylic acids is 1. The van der Waals surface area contributed by atoms with Crippen LogP contribution >= 0.6 is 11.3 Å². The lowest BCUT2D eigenvalue weighted by Crippen LogP contribution is -2.38. The van der Waals surface area contributed by atoms with Crippen LogP contribution in [0.15, 0.2) is 60.8 Å². The fourth-order valence-electron chi connectivity index (χ4n) is 5.49. The van der Waals surface area contributed by atoms with E-state index in [9.17, 15) is 9.18 Å². The van der Waals surface area contributed by atoms with Gasteiger partial charge in [-0.1, -0.05) is 24.3 Å². The number of anilines is 1. The predicted molar refractivity (Wildman–Crippen MR) is 139 cm³/mol. The third-order valence-corrected chi connectivity index (χ3v) is 8.78. The van der Waals surface area contributed by atoms with E-state index in [-0.39, 0.29) is 11.8 Å². The Morgan fingerprint density at radius 1 is 1.03 bits per heavy atom. The molecule has 35 heavy (non-hydrogen) atoms. The van der Waals surface area contributed by atoms with E-state index in [0.29, 0.717) is 6.54 Å². The van der Waals surface area contributed by atoms with Crippen LogP contribution in [0.25, 0.3) is 5.00 Å². The number of halogens is 1. The van der Waals surface area contributed by atoms with E-state index in [0.717, 1.165) is 40.9 Å². The smallest absolute Gasteiger partial charge is 0.310 e. The molecule has 178 valence electrons. The van der Waals surface area contributed by atoms with Gasteiger partial charge in [-0.25, -0.2) is 9.18 Å². The van der Waals surface area contributed by atoms with E-state index in [1.54, 1.807) is 12.1 Å². The van der Waals surface area contributed by atoms with E-state index in [2.05, 4.69) is 22.1 Å². The molecular weight excluding hydrogens is 457 g/mol. The number of aryl methyl sites for hydroxylation is 2. The van der Waals surface area contributed by atoms with Crippen LogP contribution in [0.4, 0.5) is 14.9 Å². The molecule has 1 aliphatic heterocycles. The maximum atomic E-state index is 14.4. The molecule has 0 fully saturated rings. The lowest BCUT2D eigenvalue weighted by molar-refractivity contribution is 0.194. The molecule has 2 aromatic heterocycles. The van der Waals surface area contributed by atoms with E-state index in [1.165, 1.54) is 39.9 Å². The molecule has 0 radical (unpaired) electrons. The molecule has 0 bridgehead atoms. The molecule has 1 N–H and O–H groups in total. The number of rotatable bonds is 2. The summed E-state index contributed by atoms with van der Waals surface area (Å²) in [6.45, 7) is 4.56. The van der Waals surface area contributed by atoms with Crippen molar-refractivity contribution in [3.63, 3.8) is 0 Å². The summed E-state index contributed by atoms with van der Waals surface area (Å²) in [6, 6.07) is 16.1. The van der Waals surface area contributed by atoms with Crippen LogP contribution < -0.4 is 5.32 Å². The summed E-state index contributed by atoms with van der Waals surface area (Å²) in [7, 11) is 0. The maximum Gasteiger partial charge on any atom is 0.322 e. The zero-order valence-electron chi connectivity index (χ0n) is 20.0. The number of nitrogens with zero attached hydrogens (tertiary/aromatic N) is 2. The number of hydrogen-bond acceptors (Lipinski definition) is 2. The zero-order chi connectivity index (χ0) is 24.1. The lowest BCUT2D eigenvalue weighted by Gasteiger charge is -2.31. The van der Waals surface area contributed by atoms with Crippen LogP contribution in [-0.2, 0) is 19.4 Å². The molecule has 2 aromatic carbocycles. The molecule has 3 heterocycles. The number of carbonyl (C=O) groups is 1. The number of amides is 2. The van der Waals surface area contributed by atoms with Gasteiger partial charge in [-0.15, -0.1) is 11.3 Å². The summed E-state index contributed by atoms with van der Waals surface area (Å²) in [5, 5.41) is 4.37. The molecule has 6 rings (SSSR count). The van der Waals surface area contributed by atoms with E-state index < -0.39 is 6.04 Å². The average molecular weight is 486 g/mol. The predicted octanol–water partition coefficient (Wildman–Crippen LogP) is 7.31. The molecular formula is C29H28FN3OS. The Kier molecular flexibility index (Phi) is 5.49. The number of thiophene rings is 1. The summed E-state index contributed by atoms with van der Waals surface area (Å²) in [6.07, 6.45) is 6.62. The summed E-state index contributed by atoms with van der Waals surface area (Å²) in [4.78, 5) is 17.3. The lowest BCUT2D eigenvalue weighted by atomic mass is 9.95. The van der Waals surface area contributed by atoms with Crippen molar-refractivity contribution in [1.82, 2.24) is 9.47 Å². The van der Waals surface area contributed by atoms with Crippen molar-refractivity contribution in [1.29, 1.82) is 0 Å². The van der Waals surface area contributed by atoms with E-state index >= 15 is 0 Å². The van der Waals surface area contributed by atoms with Gasteiger partial charge >= 0.3 is 6.03 Å². The highest BCUT2D eigenvalue weighted by atomic mass is 32.1. The second kappa shape index (κ2) is 8.68. The van der Waals surface area contributed by atoms with Gasteiger partial charge in [-0.3, -0.25) is 0 Å². The largest absolute Gasteiger partial charge is 0.322 e. The number of aromatic nitrogens is 1. The molecule has 0 unspecified atom stereocenters. The van der Waals surface area contributed by atoms with Gasteiger partial charge in [-0.2, -0.15) is 0 Å². The van der Waals surface area contributed by atoms with Gasteiger partial charge in [0.25, 0.3) is 0 Å². The quantitative estimate of drug-likeness (QED) is 0.318. The van der Waals surface area contributed by atoms with Crippen LogP contribution in [0.1, 0.15) is 57.3 Å². The summed E-state index contributed by atoms with van der Waals surface area (Å²) in [5.74, 6) is -0.299. The van der Waals surface area contributed by atoms with Gasteiger partial charge in [-0.05, 0) is 92.1 Å². The third-order valence-electron chi connectivity index (χ3n) is 7.45. The van der Waals surface area contributed by atoms with Crippen LogP contribution in [0, 0.1) is 19.7 Å². The summed E-state index contributed by atoms with van der Waals surface area (Å²) < 4.78 is 16.6. The SMILES string of the molecule is Cc1cccc(NC(=O)N2Cc3c(sc4c3CCCC4)-n3cccc3[C@H]2c2cccc(F)c2)c1C. The molecule has 4 aromatic rings. The van der Waals surface area contributed by atoms with Gasteiger partial charge in [0.15, 0.2) is 0 Å².